The number of rotatable bonds is 7. The molecule has 4 nitrogen and oxygen atoms in total. The summed E-state index contributed by atoms with van der Waals surface area (Å²) >= 11 is 3.51. The molecule has 0 saturated heterocycles. The third kappa shape index (κ3) is 5.29. The molecule has 0 amide bonds. The van der Waals surface area contributed by atoms with Crippen molar-refractivity contribution in [2.45, 2.75) is 19.8 Å². The Morgan fingerprint density at radius 1 is 1.04 bits per heavy atom. The van der Waals surface area contributed by atoms with Crippen molar-refractivity contribution in [3.05, 3.63) is 76.4 Å². The van der Waals surface area contributed by atoms with Gasteiger partial charge in [0, 0.05) is 22.9 Å². The van der Waals surface area contributed by atoms with E-state index in [0.717, 1.165) is 35.4 Å². The third-order valence-corrected chi connectivity index (χ3v) is 4.75. The minimum Gasteiger partial charge on any atom is -0.370 e. The fourth-order valence-electron chi connectivity index (χ4n) is 2.52. The van der Waals surface area contributed by atoms with Gasteiger partial charge in [0.2, 0.25) is 5.95 Å². The lowest BCUT2D eigenvalue weighted by Crippen LogP contribution is -2.06. The Labute approximate surface area is 156 Å². The lowest BCUT2D eigenvalue weighted by molar-refractivity contribution is 0.858. The van der Waals surface area contributed by atoms with Crippen molar-refractivity contribution < 1.29 is 0 Å². The van der Waals surface area contributed by atoms with Gasteiger partial charge < -0.3 is 10.6 Å². The van der Waals surface area contributed by atoms with Crippen molar-refractivity contribution in [2.24, 2.45) is 0 Å². The topological polar surface area (TPSA) is 49.8 Å². The Hall–Kier alpha value is -2.40. The zero-order chi connectivity index (χ0) is 17.5. The molecule has 1 heterocycles. The molecule has 0 aliphatic carbocycles. The highest BCUT2D eigenvalue weighted by molar-refractivity contribution is 9.10. The second-order valence-electron chi connectivity index (χ2n) is 5.87. The highest BCUT2D eigenvalue weighted by Crippen LogP contribution is 2.22. The second kappa shape index (κ2) is 8.62. The maximum atomic E-state index is 4.52. The first kappa shape index (κ1) is 17.4. The van der Waals surface area contributed by atoms with Crippen LogP contribution in [0.1, 0.15) is 17.5 Å². The maximum Gasteiger partial charge on any atom is 0.229 e. The Kier molecular flexibility index (Phi) is 6.01. The van der Waals surface area contributed by atoms with Gasteiger partial charge in [0.05, 0.1) is 0 Å². The van der Waals surface area contributed by atoms with Gasteiger partial charge in [0.1, 0.15) is 5.82 Å². The predicted molar refractivity (Wildman–Crippen MR) is 107 cm³/mol. The summed E-state index contributed by atoms with van der Waals surface area (Å²) in [7, 11) is 0. The predicted octanol–water partition coefficient (Wildman–Crippen LogP) is 5.34. The lowest BCUT2D eigenvalue weighted by atomic mass is 10.1. The molecule has 128 valence electrons. The molecular weight excluding hydrogens is 376 g/mol. The summed E-state index contributed by atoms with van der Waals surface area (Å²) in [5.41, 5.74) is 3.50. The molecule has 2 N–H and O–H groups in total. The van der Waals surface area contributed by atoms with E-state index in [2.05, 4.69) is 73.8 Å². The minimum absolute atomic E-state index is 0.592. The molecule has 0 atom stereocenters. The quantitative estimate of drug-likeness (QED) is 0.529. The number of aryl methyl sites for hydroxylation is 2. The van der Waals surface area contributed by atoms with Crippen LogP contribution in [0.4, 0.5) is 17.5 Å². The molecule has 1 aromatic heterocycles. The molecule has 0 fully saturated rings. The van der Waals surface area contributed by atoms with E-state index in [1.54, 1.807) is 6.20 Å². The van der Waals surface area contributed by atoms with Crippen LogP contribution in [0.25, 0.3) is 0 Å². The van der Waals surface area contributed by atoms with Crippen LogP contribution in [0.15, 0.2) is 65.3 Å². The molecule has 0 unspecified atom stereocenters. The van der Waals surface area contributed by atoms with Crippen molar-refractivity contribution in [1.82, 2.24) is 9.97 Å². The van der Waals surface area contributed by atoms with E-state index in [0.29, 0.717) is 5.95 Å². The van der Waals surface area contributed by atoms with Crippen LogP contribution in [-0.2, 0) is 6.42 Å². The summed E-state index contributed by atoms with van der Waals surface area (Å²) in [4.78, 5) is 8.81. The number of aromatic nitrogens is 2. The number of hydrogen-bond acceptors (Lipinski definition) is 4. The van der Waals surface area contributed by atoms with Crippen molar-refractivity contribution in [3.63, 3.8) is 0 Å². The average molecular weight is 397 g/mol. The van der Waals surface area contributed by atoms with Crippen molar-refractivity contribution in [2.75, 3.05) is 17.2 Å². The van der Waals surface area contributed by atoms with E-state index in [9.17, 15) is 0 Å². The standard InChI is InChI=1S/C20H21BrN4/c1-15-14-17(9-10-18(15)21)24-20-23-13-11-19(25-20)22-12-5-8-16-6-3-2-4-7-16/h2-4,6-7,9-11,13-14H,5,8,12H2,1H3,(H2,22,23,24,25). The Morgan fingerprint density at radius 2 is 1.88 bits per heavy atom. The number of nitrogens with zero attached hydrogens (tertiary/aromatic N) is 2. The van der Waals surface area contributed by atoms with Crippen molar-refractivity contribution >= 4 is 33.4 Å². The fourth-order valence-corrected chi connectivity index (χ4v) is 2.77. The van der Waals surface area contributed by atoms with Gasteiger partial charge in [-0.25, -0.2) is 4.98 Å². The van der Waals surface area contributed by atoms with Crippen LogP contribution in [0.3, 0.4) is 0 Å². The summed E-state index contributed by atoms with van der Waals surface area (Å²) in [5, 5.41) is 6.61. The van der Waals surface area contributed by atoms with E-state index in [-0.39, 0.29) is 0 Å². The van der Waals surface area contributed by atoms with E-state index < -0.39 is 0 Å². The van der Waals surface area contributed by atoms with Crippen LogP contribution in [0, 0.1) is 6.92 Å². The highest BCUT2D eigenvalue weighted by atomic mass is 79.9. The summed E-state index contributed by atoms with van der Waals surface area (Å²) in [5.74, 6) is 1.43. The first-order valence-corrected chi connectivity index (χ1v) is 9.14. The zero-order valence-corrected chi connectivity index (χ0v) is 15.8. The number of nitrogens with one attached hydrogen (secondary N) is 2. The molecule has 0 aliphatic rings. The fraction of sp³-hybridized carbons (Fsp3) is 0.200. The molecule has 3 aromatic rings. The van der Waals surface area contributed by atoms with Gasteiger partial charge in [0.25, 0.3) is 0 Å². The second-order valence-corrected chi connectivity index (χ2v) is 6.72. The van der Waals surface area contributed by atoms with Crippen LogP contribution < -0.4 is 10.6 Å². The van der Waals surface area contributed by atoms with Gasteiger partial charge in [0.15, 0.2) is 0 Å². The molecule has 0 aliphatic heterocycles. The molecule has 3 rings (SSSR count). The lowest BCUT2D eigenvalue weighted by Gasteiger charge is -2.09. The van der Waals surface area contributed by atoms with Crippen molar-refractivity contribution in [1.29, 1.82) is 0 Å². The number of hydrogen-bond donors (Lipinski definition) is 2. The molecule has 0 saturated carbocycles. The van der Waals surface area contributed by atoms with Crippen molar-refractivity contribution in [3.8, 4) is 0 Å². The number of halogens is 1. The molecule has 25 heavy (non-hydrogen) atoms. The van der Waals surface area contributed by atoms with Crippen LogP contribution in [0.2, 0.25) is 0 Å². The summed E-state index contributed by atoms with van der Waals surface area (Å²) < 4.78 is 1.09. The minimum atomic E-state index is 0.592. The SMILES string of the molecule is Cc1cc(Nc2nccc(NCCCc3ccccc3)n2)ccc1Br. The van der Waals surface area contributed by atoms with Gasteiger partial charge in [-0.2, -0.15) is 4.98 Å². The van der Waals surface area contributed by atoms with E-state index >= 15 is 0 Å². The van der Waals surface area contributed by atoms with E-state index in [1.165, 1.54) is 11.1 Å². The van der Waals surface area contributed by atoms with Crippen LogP contribution in [-0.4, -0.2) is 16.5 Å². The molecular formula is C20H21BrN4. The summed E-state index contributed by atoms with van der Waals surface area (Å²) in [6.07, 6.45) is 3.88. The molecule has 0 bridgehead atoms. The van der Waals surface area contributed by atoms with E-state index in [1.807, 2.05) is 24.3 Å². The average Bonchev–Trinajstić information content (AvgIpc) is 2.63. The van der Waals surface area contributed by atoms with Crippen LogP contribution >= 0.6 is 15.9 Å². The highest BCUT2D eigenvalue weighted by Gasteiger charge is 2.02. The Morgan fingerprint density at radius 3 is 2.68 bits per heavy atom. The molecule has 2 aromatic carbocycles. The van der Waals surface area contributed by atoms with E-state index in [4.69, 9.17) is 0 Å². The summed E-state index contributed by atoms with van der Waals surface area (Å²) in [6, 6.07) is 18.5. The van der Waals surface area contributed by atoms with Gasteiger partial charge >= 0.3 is 0 Å². The number of anilines is 3. The third-order valence-electron chi connectivity index (χ3n) is 3.86. The molecule has 5 heteroatoms. The van der Waals surface area contributed by atoms with Gasteiger partial charge in [-0.05, 0) is 55.2 Å². The first-order valence-electron chi connectivity index (χ1n) is 8.35. The molecule has 0 radical (unpaired) electrons. The van der Waals surface area contributed by atoms with Gasteiger partial charge in [-0.1, -0.05) is 46.3 Å². The Balaban J connectivity index is 1.53. The van der Waals surface area contributed by atoms with Gasteiger partial charge in [-0.15, -0.1) is 0 Å². The normalized spacial score (nSPS) is 10.5. The first-order chi connectivity index (χ1) is 12.2. The summed E-state index contributed by atoms with van der Waals surface area (Å²) in [6.45, 7) is 2.93. The largest absolute Gasteiger partial charge is 0.370 e. The monoisotopic (exact) mass is 396 g/mol. The van der Waals surface area contributed by atoms with Gasteiger partial charge in [-0.3, -0.25) is 0 Å². The van der Waals surface area contributed by atoms with Crippen LogP contribution in [0.5, 0.6) is 0 Å². The zero-order valence-electron chi connectivity index (χ0n) is 14.2. The maximum absolute atomic E-state index is 4.52. The Bertz CT molecular complexity index is 821. The number of benzene rings is 2. The molecule has 0 spiro atoms. The smallest absolute Gasteiger partial charge is 0.229 e.